The molecule has 0 saturated carbocycles. The summed E-state index contributed by atoms with van der Waals surface area (Å²) in [6.45, 7) is 7.69. The Kier molecular flexibility index (Phi) is 7.11. The normalized spacial score (nSPS) is 12.3. The predicted octanol–water partition coefficient (Wildman–Crippen LogP) is 1.90. The van der Waals surface area contributed by atoms with E-state index in [9.17, 15) is 10.2 Å². The van der Waals surface area contributed by atoms with Crippen molar-refractivity contribution in [2.75, 3.05) is 6.54 Å². The SMILES string of the molecule is CC(=O)O.CC(C)(C)NCC(O)c1cccc(O)c1. The number of benzene rings is 1. The predicted molar refractivity (Wildman–Crippen MR) is 74.1 cm³/mol. The number of carboxylic acids is 1. The summed E-state index contributed by atoms with van der Waals surface area (Å²) in [4.78, 5) is 9.00. The first-order valence-electron chi connectivity index (χ1n) is 6.03. The highest BCUT2D eigenvalue weighted by Crippen LogP contribution is 2.18. The Morgan fingerprint density at radius 1 is 1.37 bits per heavy atom. The maximum Gasteiger partial charge on any atom is 0.300 e. The molecule has 1 aromatic rings. The number of phenols is 1. The number of carboxylic acid groups (broad SMARTS) is 1. The van der Waals surface area contributed by atoms with E-state index in [4.69, 9.17) is 9.90 Å². The van der Waals surface area contributed by atoms with E-state index in [1.807, 2.05) is 20.8 Å². The smallest absolute Gasteiger partial charge is 0.300 e. The third-order valence-corrected chi connectivity index (χ3v) is 2.08. The van der Waals surface area contributed by atoms with Gasteiger partial charge in [-0.1, -0.05) is 12.1 Å². The van der Waals surface area contributed by atoms with Crippen LogP contribution < -0.4 is 5.32 Å². The largest absolute Gasteiger partial charge is 0.508 e. The van der Waals surface area contributed by atoms with Gasteiger partial charge in [0.15, 0.2) is 0 Å². The molecule has 0 fully saturated rings. The number of aliphatic carboxylic acids is 1. The lowest BCUT2D eigenvalue weighted by Crippen LogP contribution is -2.38. The van der Waals surface area contributed by atoms with Crippen LogP contribution >= 0.6 is 0 Å². The third kappa shape index (κ3) is 10.1. The number of aliphatic hydroxyl groups excluding tert-OH is 1. The Balaban J connectivity index is 0.000000711. The Morgan fingerprint density at radius 3 is 2.32 bits per heavy atom. The highest BCUT2D eigenvalue weighted by Gasteiger charge is 2.13. The first-order valence-corrected chi connectivity index (χ1v) is 6.03. The number of hydrogen-bond donors (Lipinski definition) is 4. The van der Waals surface area contributed by atoms with Gasteiger partial charge < -0.3 is 20.6 Å². The second-order valence-corrected chi connectivity index (χ2v) is 5.26. The summed E-state index contributed by atoms with van der Waals surface area (Å²) in [6.07, 6.45) is -0.587. The van der Waals surface area contributed by atoms with Crippen molar-refractivity contribution in [1.29, 1.82) is 0 Å². The van der Waals surface area contributed by atoms with Crippen molar-refractivity contribution in [3.63, 3.8) is 0 Å². The van der Waals surface area contributed by atoms with E-state index in [-0.39, 0.29) is 11.3 Å². The molecule has 1 unspecified atom stereocenters. The van der Waals surface area contributed by atoms with Gasteiger partial charge in [0.1, 0.15) is 5.75 Å². The Morgan fingerprint density at radius 2 is 1.89 bits per heavy atom. The first kappa shape index (κ1) is 17.4. The van der Waals surface area contributed by atoms with Crippen molar-refractivity contribution in [2.45, 2.75) is 39.3 Å². The van der Waals surface area contributed by atoms with Crippen molar-refractivity contribution in [2.24, 2.45) is 0 Å². The molecule has 0 saturated heterocycles. The van der Waals surface area contributed by atoms with Crippen LogP contribution in [0.5, 0.6) is 5.75 Å². The van der Waals surface area contributed by atoms with Crippen molar-refractivity contribution in [3.05, 3.63) is 29.8 Å². The molecular weight excluding hydrogens is 246 g/mol. The Hall–Kier alpha value is -1.59. The van der Waals surface area contributed by atoms with Crippen LogP contribution in [0.2, 0.25) is 0 Å². The van der Waals surface area contributed by atoms with E-state index in [0.29, 0.717) is 6.54 Å². The molecule has 4 N–H and O–H groups in total. The van der Waals surface area contributed by atoms with Gasteiger partial charge in [-0.15, -0.1) is 0 Å². The number of hydrogen-bond acceptors (Lipinski definition) is 4. The fourth-order valence-electron chi connectivity index (χ4n) is 1.25. The van der Waals surface area contributed by atoms with Gasteiger partial charge in [0, 0.05) is 19.0 Å². The van der Waals surface area contributed by atoms with E-state index in [1.54, 1.807) is 24.3 Å². The third-order valence-electron chi connectivity index (χ3n) is 2.08. The van der Waals surface area contributed by atoms with Crippen molar-refractivity contribution < 1.29 is 20.1 Å². The lowest BCUT2D eigenvalue weighted by atomic mass is 10.1. The number of β-amino-alcohol motifs (C(OH)–C–C–N with tert-alkyl or cyclic N) is 1. The summed E-state index contributed by atoms with van der Waals surface area (Å²) in [5.74, 6) is -0.651. The summed E-state index contributed by atoms with van der Waals surface area (Å²) in [7, 11) is 0. The maximum absolute atomic E-state index is 9.83. The van der Waals surface area contributed by atoms with Gasteiger partial charge in [0.05, 0.1) is 6.10 Å². The van der Waals surface area contributed by atoms with E-state index < -0.39 is 12.1 Å². The minimum atomic E-state index is -0.833. The second kappa shape index (κ2) is 7.76. The molecule has 0 radical (unpaired) electrons. The minimum absolute atomic E-state index is 0.0161. The molecule has 1 atom stereocenters. The molecule has 0 aliphatic carbocycles. The molecular formula is C14H23NO4. The summed E-state index contributed by atoms with van der Waals surface area (Å²) < 4.78 is 0. The number of carbonyl (C=O) groups is 1. The first-order chi connectivity index (χ1) is 8.61. The number of rotatable bonds is 3. The lowest BCUT2D eigenvalue weighted by molar-refractivity contribution is -0.134. The number of aromatic hydroxyl groups is 1. The van der Waals surface area contributed by atoms with Crippen LogP contribution in [0.15, 0.2) is 24.3 Å². The molecule has 0 spiro atoms. The van der Waals surface area contributed by atoms with Gasteiger partial charge in [-0.2, -0.15) is 0 Å². The molecule has 0 aliphatic heterocycles. The topological polar surface area (TPSA) is 89.8 Å². The van der Waals surface area contributed by atoms with Crippen LogP contribution in [-0.4, -0.2) is 33.4 Å². The van der Waals surface area contributed by atoms with E-state index >= 15 is 0 Å². The van der Waals surface area contributed by atoms with E-state index in [0.717, 1.165) is 12.5 Å². The van der Waals surface area contributed by atoms with Crippen LogP contribution in [-0.2, 0) is 4.79 Å². The Labute approximate surface area is 113 Å². The maximum atomic E-state index is 9.83. The number of phenolic OH excluding ortho intramolecular Hbond substituents is 1. The molecule has 0 heterocycles. The molecule has 0 bridgehead atoms. The van der Waals surface area contributed by atoms with E-state index in [1.165, 1.54) is 0 Å². The second-order valence-electron chi connectivity index (χ2n) is 5.26. The molecule has 1 rings (SSSR count). The highest BCUT2D eigenvalue weighted by atomic mass is 16.4. The summed E-state index contributed by atoms with van der Waals surface area (Å²) in [5.41, 5.74) is 0.712. The van der Waals surface area contributed by atoms with Gasteiger partial charge in [-0.05, 0) is 38.5 Å². The fourth-order valence-corrected chi connectivity index (χ4v) is 1.25. The standard InChI is InChI=1S/C12H19NO2.C2H4O2/c1-12(2,3)13-8-11(15)9-5-4-6-10(14)7-9;1-2(3)4/h4-7,11,13-15H,8H2,1-3H3;1H3,(H,3,4). The summed E-state index contributed by atoms with van der Waals surface area (Å²) in [5, 5.41) is 29.7. The van der Waals surface area contributed by atoms with Gasteiger partial charge in [0.2, 0.25) is 0 Å². The van der Waals surface area contributed by atoms with Gasteiger partial charge >= 0.3 is 0 Å². The fraction of sp³-hybridized carbons (Fsp3) is 0.500. The molecule has 0 aromatic heterocycles. The quantitative estimate of drug-likeness (QED) is 0.673. The van der Waals surface area contributed by atoms with Crippen LogP contribution in [0.25, 0.3) is 0 Å². The van der Waals surface area contributed by atoms with Crippen molar-refractivity contribution >= 4 is 5.97 Å². The zero-order valence-corrected chi connectivity index (χ0v) is 11.8. The monoisotopic (exact) mass is 269 g/mol. The summed E-state index contributed by atoms with van der Waals surface area (Å²) >= 11 is 0. The van der Waals surface area contributed by atoms with Gasteiger partial charge in [0.25, 0.3) is 5.97 Å². The van der Waals surface area contributed by atoms with Crippen molar-refractivity contribution in [1.82, 2.24) is 5.32 Å². The van der Waals surface area contributed by atoms with Gasteiger partial charge in [-0.25, -0.2) is 0 Å². The van der Waals surface area contributed by atoms with Crippen LogP contribution in [0.1, 0.15) is 39.4 Å². The highest BCUT2D eigenvalue weighted by molar-refractivity contribution is 5.62. The average Bonchev–Trinajstić information content (AvgIpc) is 2.24. The van der Waals surface area contributed by atoms with Crippen LogP contribution in [0.4, 0.5) is 0 Å². The molecule has 1 aromatic carbocycles. The van der Waals surface area contributed by atoms with Crippen LogP contribution in [0, 0.1) is 0 Å². The lowest BCUT2D eigenvalue weighted by Gasteiger charge is -2.23. The average molecular weight is 269 g/mol. The van der Waals surface area contributed by atoms with Gasteiger partial charge in [-0.3, -0.25) is 4.79 Å². The molecule has 19 heavy (non-hydrogen) atoms. The molecule has 5 nitrogen and oxygen atoms in total. The van der Waals surface area contributed by atoms with E-state index in [2.05, 4.69) is 5.32 Å². The molecule has 5 heteroatoms. The zero-order chi connectivity index (χ0) is 15.1. The zero-order valence-electron chi connectivity index (χ0n) is 11.8. The molecule has 0 amide bonds. The number of nitrogens with one attached hydrogen (secondary N) is 1. The van der Waals surface area contributed by atoms with Crippen LogP contribution in [0.3, 0.4) is 0 Å². The summed E-state index contributed by atoms with van der Waals surface area (Å²) in [6, 6.07) is 6.70. The van der Waals surface area contributed by atoms with Crippen molar-refractivity contribution in [3.8, 4) is 5.75 Å². The minimum Gasteiger partial charge on any atom is -0.508 e. The molecule has 0 aliphatic rings. The number of aliphatic hydroxyl groups is 1. The Bertz CT molecular complexity index is 395. The molecule has 108 valence electrons.